The molecule has 0 amide bonds. The lowest BCUT2D eigenvalue weighted by molar-refractivity contribution is 0.112. The smallest absolute Gasteiger partial charge is 0.150 e. The lowest BCUT2D eigenvalue weighted by Crippen LogP contribution is -2.34. The van der Waals surface area contributed by atoms with Crippen LogP contribution in [-0.4, -0.2) is 19.4 Å². The zero-order valence-electron chi connectivity index (χ0n) is 43.3. The van der Waals surface area contributed by atoms with Crippen LogP contribution in [0.2, 0.25) is 0 Å². The number of anilines is 1. The minimum Gasteiger partial charge on any atom is -0.371 e. The molecule has 2 nitrogen and oxygen atoms in total. The maximum atomic E-state index is 10.9. The molecule has 0 saturated heterocycles. The normalized spacial score (nSPS) is 12.0. The van der Waals surface area contributed by atoms with Gasteiger partial charge in [0.2, 0.25) is 0 Å². The number of carbonyl (C=O) groups is 1. The first-order valence-corrected chi connectivity index (χ1v) is 27.4. The molecule has 5 aromatic carbocycles. The van der Waals surface area contributed by atoms with Gasteiger partial charge in [-0.3, -0.25) is 4.79 Å². The summed E-state index contributed by atoms with van der Waals surface area (Å²) in [4.78, 5) is 13.8. The fourth-order valence-electron chi connectivity index (χ4n) is 9.41. The van der Waals surface area contributed by atoms with Crippen molar-refractivity contribution < 1.29 is 4.79 Å². The van der Waals surface area contributed by atoms with Crippen LogP contribution in [0, 0.1) is 11.8 Å². The summed E-state index contributed by atoms with van der Waals surface area (Å²) >= 11 is 0. The molecule has 0 saturated carbocycles. The third-order valence-electron chi connectivity index (χ3n) is 13.8. The van der Waals surface area contributed by atoms with Gasteiger partial charge < -0.3 is 4.90 Å². The number of hydrogen-bond donors (Lipinski definition) is 0. The molecule has 0 radical (unpaired) electrons. The van der Waals surface area contributed by atoms with E-state index in [1.807, 2.05) is 24.3 Å². The van der Waals surface area contributed by atoms with Crippen molar-refractivity contribution in [2.24, 2.45) is 11.8 Å². The van der Waals surface area contributed by atoms with E-state index >= 15 is 0 Å². The van der Waals surface area contributed by atoms with Crippen LogP contribution in [0.5, 0.6) is 0 Å². The van der Waals surface area contributed by atoms with Crippen LogP contribution in [0.25, 0.3) is 48.6 Å². The average Bonchev–Trinajstić information content (AvgIpc) is 3.39. The first kappa shape index (κ1) is 54.5. The van der Waals surface area contributed by atoms with Crippen molar-refractivity contribution in [3.05, 3.63) is 171 Å². The second-order valence-electron chi connectivity index (χ2n) is 19.7. The molecule has 0 heterocycles. The van der Waals surface area contributed by atoms with Crippen molar-refractivity contribution in [1.29, 1.82) is 0 Å². The van der Waals surface area contributed by atoms with Gasteiger partial charge in [-0.2, -0.15) is 0 Å². The van der Waals surface area contributed by atoms with Crippen LogP contribution >= 0.6 is 0 Å². The van der Waals surface area contributed by atoms with E-state index in [9.17, 15) is 4.79 Å². The SMILES string of the molecule is CCCCCCC(CCCCCC)CN(CC(CCCCCC)CCCCCC)c1ccc(/C=C/c2ccc(/C=C/c3ccc(/C=C/c4ccc(/C=C/c5ccc(C=O)cc5)cc4)cc3)cc2)cc1. The van der Waals surface area contributed by atoms with E-state index < -0.39 is 0 Å². The summed E-state index contributed by atoms with van der Waals surface area (Å²) in [5.74, 6) is 1.55. The summed E-state index contributed by atoms with van der Waals surface area (Å²) in [5, 5.41) is 0. The number of benzene rings is 5. The lowest BCUT2D eigenvalue weighted by atomic mass is 9.91. The monoisotopic (exact) mass is 922 g/mol. The Kier molecular flexibility index (Phi) is 26.2. The number of nitrogens with zero attached hydrogens (tertiary/aromatic N) is 1. The minimum absolute atomic E-state index is 0.691. The van der Waals surface area contributed by atoms with Crippen molar-refractivity contribution in [1.82, 2.24) is 0 Å². The van der Waals surface area contributed by atoms with Crippen LogP contribution in [0.4, 0.5) is 5.69 Å². The fourth-order valence-corrected chi connectivity index (χ4v) is 9.41. The Hall–Kier alpha value is -5.47. The average molecular weight is 922 g/mol. The largest absolute Gasteiger partial charge is 0.371 e. The number of hydrogen-bond acceptors (Lipinski definition) is 2. The molecule has 0 aliphatic heterocycles. The van der Waals surface area contributed by atoms with Gasteiger partial charge >= 0.3 is 0 Å². The Bertz CT molecular complexity index is 2170. The van der Waals surface area contributed by atoms with Crippen LogP contribution in [0.1, 0.15) is 211 Å². The molecule has 0 spiro atoms. The van der Waals surface area contributed by atoms with Gasteiger partial charge in [-0.05, 0) is 94.2 Å². The molecule has 0 fully saturated rings. The molecule has 0 aliphatic carbocycles. The van der Waals surface area contributed by atoms with Crippen molar-refractivity contribution in [2.75, 3.05) is 18.0 Å². The van der Waals surface area contributed by atoms with E-state index in [4.69, 9.17) is 0 Å². The number of rotatable bonds is 34. The highest BCUT2D eigenvalue weighted by Crippen LogP contribution is 2.28. The fraction of sp³-hybridized carbons (Fsp3) is 0.418. The van der Waals surface area contributed by atoms with E-state index in [0.717, 1.165) is 34.8 Å². The van der Waals surface area contributed by atoms with Crippen molar-refractivity contribution in [3.63, 3.8) is 0 Å². The van der Waals surface area contributed by atoms with Gasteiger partial charge in [0.05, 0.1) is 0 Å². The Labute approximate surface area is 420 Å². The van der Waals surface area contributed by atoms with Crippen LogP contribution in [0.15, 0.2) is 121 Å². The number of aldehydes is 1. The predicted octanol–water partition coefficient (Wildman–Crippen LogP) is 20.1. The highest BCUT2D eigenvalue weighted by Gasteiger charge is 2.20. The molecular weight excluding hydrogens is 835 g/mol. The summed E-state index contributed by atoms with van der Waals surface area (Å²) in [7, 11) is 0. The van der Waals surface area contributed by atoms with Crippen LogP contribution in [0.3, 0.4) is 0 Å². The predicted molar refractivity (Wildman–Crippen MR) is 308 cm³/mol. The molecule has 2 heteroatoms. The van der Waals surface area contributed by atoms with E-state index in [2.05, 4.69) is 178 Å². The molecular formula is C67H87NO. The first-order chi connectivity index (χ1) is 34.0. The topological polar surface area (TPSA) is 20.3 Å². The quantitative estimate of drug-likeness (QED) is 0.0233. The maximum absolute atomic E-state index is 10.9. The van der Waals surface area contributed by atoms with Gasteiger partial charge in [-0.25, -0.2) is 0 Å². The molecule has 5 rings (SSSR count). The molecule has 0 N–H and O–H groups in total. The third-order valence-corrected chi connectivity index (χ3v) is 13.8. The Morgan fingerprint density at radius 2 is 0.522 bits per heavy atom. The molecule has 0 aliphatic rings. The van der Waals surface area contributed by atoms with Crippen LogP contribution in [-0.2, 0) is 0 Å². The molecule has 0 unspecified atom stereocenters. The molecule has 366 valence electrons. The number of unbranched alkanes of at least 4 members (excludes halogenated alkanes) is 12. The second-order valence-corrected chi connectivity index (χ2v) is 19.7. The Morgan fingerprint density at radius 3 is 0.739 bits per heavy atom. The molecule has 0 atom stereocenters. The Morgan fingerprint density at radius 1 is 0.304 bits per heavy atom. The summed E-state index contributed by atoms with van der Waals surface area (Å²) in [6, 6.07) is 43.2. The first-order valence-electron chi connectivity index (χ1n) is 27.4. The lowest BCUT2D eigenvalue weighted by Gasteiger charge is -2.33. The van der Waals surface area contributed by atoms with E-state index in [-0.39, 0.29) is 0 Å². The van der Waals surface area contributed by atoms with E-state index in [1.54, 1.807) is 0 Å². The molecule has 5 aromatic rings. The molecule has 0 aromatic heterocycles. The van der Waals surface area contributed by atoms with Crippen molar-refractivity contribution >= 4 is 60.6 Å². The minimum atomic E-state index is 0.691. The molecule has 0 bridgehead atoms. The highest BCUT2D eigenvalue weighted by molar-refractivity contribution is 5.78. The van der Waals surface area contributed by atoms with Gasteiger partial charge in [0.25, 0.3) is 0 Å². The van der Waals surface area contributed by atoms with Gasteiger partial charge in [-0.15, -0.1) is 0 Å². The third kappa shape index (κ3) is 21.8. The standard InChI is InChI=1S/C67H87NO/c1-5-9-13-17-21-64(22-18-14-10-6-2)53-68(54-65(23-19-15-11-7-3)24-20-16-12-8-4)67-51-49-63(50-52-67)44-43-61-39-37-59(38-40-61)32-31-57-27-25-56(26-28-57)29-30-58-33-35-60(36-34-58)41-42-62-45-47-66(55-69)48-46-62/h25-52,55,64-65H,5-24,53-54H2,1-4H3/b30-29+,32-31+,42-41+,44-43+. The molecule has 69 heavy (non-hydrogen) atoms. The van der Waals surface area contributed by atoms with Gasteiger partial charge in [-0.1, -0.05) is 288 Å². The zero-order valence-corrected chi connectivity index (χ0v) is 43.3. The van der Waals surface area contributed by atoms with Crippen molar-refractivity contribution in [2.45, 2.75) is 156 Å². The Balaban J connectivity index is 1.18. The maximum Gasteiger partial charge on any atom is 0.150 e. The van der Waals surface area contributed by atoms with Gasteiger partial charge in [0.15, 0.2) is 0 Å². The van der Waals surface area contributed by atoms with E-state index in [1.165, 1.54) is 175 Å². The van der Waals surface area contributed by atoms with Gasteiger partial charge in [0, 0.05) is 24.3 Å². The second kappa shape index (κ2) is 33.1. The van der Waals surface area contributed by atoms with Crippen molar-refractivity contribution in [3.8, 4) is 0 Å². The highest BCUT2D eigenvalue weighted by atomic mass is 16.1. The number of carbonyl (C=O) groups excluding carboxylic acids is 1. The zero-order chi connectivity index (χ0) is 48.6. The summed E-state index contributed by atoms with van der Waals surface area (Å²) in [6.07, 6.45) is 45.6. The summed E-state index contributed by atoms with van der Waals surface area (Å²) in [5.41, 5.74) is 11.5. The van der Waals surface area contributed by atoms with E-state index in [0.29, 0.717) is 5.56 Å². The van der Waals surface area contributed by atoms with Crippen LogP contribution < -0.4 is 4.90 Å². The summed E-state index contributed by atoms with van der Waals surface area (Å²) < 4.78 is 0. The van der Waals surface area contributed by atoms with Gasteiger partial charge in [0.1, 0.15) is 6.29 Å². The summed E-state index contributed by atoms with van der Waals surface area (Å²) in [6.45, 7) is 11.8.